The third-order valence-electron chi connectivity index (χ3n) is 5.86. The summed E-state index contributed by atoms with van der Waals surface area (Å²) in [6.07, 6.45) is 2.02. The van der Waals surface area contributed by atoms with E-state index in [1.54, 1.807) is 0 Å². The molecule has 0 amide bonds. The molecule has 0 aliphatic carbocycles. The van der Waals surface area contributed by atoms with E-state index in [4.69, 9.17) is 9.47 Å². The SMILES string of the molecule is CCCOc1ccc(C2NCCc3c2[nH]c2ccc(OCc4ccccc4)cc32)cc1. The number of fused-ring (bicyclic) bond motifs is 3. The van der Waals surface area contributed by atoms with Gasteiger partial charge in [-0.05, 0) is 59.9 Å². The third kappa shape index (κ3) is 4.17. The molecule has 0 saturated carbocycles. The molecule has 158 valence electrons. The predicted molar refractivity (Wildman–Crippen MR) is 125 cm³/mol. The van der Waals surface area contributed by atoms with Crippen molar-refractivity contribution in [3.05, 3.63) is 95.2 Å². The van der Waals surface area contributed by atoms with Crippen molar-refractivity contribution in [3.8, 4) is 11.5 Å². The van der Waals surface area contributed by atoms with Gasteiger partial charge in [0.1, 0.15) is 18.1 Å². The van der Waals surface area contributed by atoms with Crippen molar-refractivity contribution in [2.45, 2.75) is 32.4 Å². The zero-order valence-electron chi connectivity index (χ0n) is 17.9. The van der Waals surface area contributed by atoms with Crippen LogP contribution in [0, 0.1) is 0 Å². The average molecular weight is 413 g/mol. The smallest absolute Gasteiger partial charge is 0.120 e. The van der Waals surface area contributed by atoms with E-state index in [-0.39, 0.29) is 6.04 Å². The lowest BCUT2D eigenvalue weighted by Crippen LogP contribution is -2.30. The Morgan fingerprint density at radius 2 is 1.71 bits per heavy atom. The molecule has 1 aliphatic heterocycles. The number of hydrogen-bond donors (Lipinski definition) is 2. The minimum absolute atomic E-state index is 0.157. The highest BCUT2D eigenvalue weighted by Gasteiger charge is 2.25. The zero-order valence-corrected chi connectivity index (χ0v) is 17.9. The van der Waals surface area contributed by atoms with Gasteiger partial charge >= 0.3 is 0 Å². The summed E-state index contributed by atoms with van der Waals surface area (Å²) < 4.78 is 11.8. The van der Waals surface area contributed by atoms with Crippen molar-refractivity contribution < 1.29 is 9.47 Å². The van der Waals surface area contributed by atoms with E-state index in [9.17, 15) is 0 Å². The van der Waals surface area contributed by atoms with Crippen LogP contribution in [0.1, 0.15) is 41.8 Å². The van der Waals surface area contributed by atoms with Gasteiger partial charge in [-0.1, -0.05) is 49.4 Å². The molecule has 31 heavy (non-hydrogen) atoms. The Kier molecular flexibility index (Phi) is 5.63. The molecule has 2 heterocycles. The molecule has 2 N–H and O–H groups in total. The Bertz CT molecular complexity index is 1150. The summed E-state index contributed by atoms with van der Waals surface area (Å²) in [6, 6.07) is 25.3. The van der Waals surface area contributed by atoms with Crippen LogP contribution in [0.25, 0.3) is 10.9 Å². The quantitative estimate of drug-likeness (QED) is 0.405. The van der Waals surface area contributed by atoms with Crippen molar-refractivity contribution in [3.63, 3.8) is 0 Å². The maximum absolute atomic E-state index is 6.07. The molecule has 1 aliphatic rings. The Hall–Kier alpha value is -3.24. The fourth-order valence-corrected chi connectivity index (χ4v) is 4.30. The van der Waals surface area contributed by atoms with Crippen molar-refractivity contribution in [1.82, 2.24) is 10.3 Å². The molecule has 0 saturated heterocycles. The molecule has 1 atom stereocenters. The van der Waals surface area contributed by atoms with Crippen LogP contribution in [-0.4, -0.2) is 18.1 Å². The fraction of sp³-hybridized carbons (Fsp3) is 0.259. The van der Waals surface area contributed by atoms with Crippen LogP contribution in [-0.2, 0) is 13.0 Å². The highest BCUT2D eigenvalue weighted by atomic mass is 16.5. The molecule has 1 aromatic heterocycles. The number of H-pyrrole nitrogens is 1. The topological polar surface area (TPSA) is 46.3 Å². The van der Waals surface area contributed by atoms with Gasteiger partial charge in [0, 0.05) is 23.1 Å². The zero-order chi connectivity index (χ0) is 21.0. The molecule has 0 bridgehead atoms. The van der Waals surface area contributed by atoms with Crippen LogP contribution in [0.4, 0.5) is 0 Å². The van der Waals surface area contributed by atoms with Crippen molar-refractivity contribution >= 4 is 10.9 Å². The summed E-state index contributed by atoms with van der Waals surface area (Å²) in [6.45, 7) is 4.40. The molecule has 0 radical (unpaired) electrons. The van der Waals surface area contributed by atoms with Crippen molar-refractivity contribution in [1.29, 1.82) is 0 Å². The first-order valence-corrected chi connectivity index (χ1v) is 11.1. The van der Waals surface area contributed by atoms with Gasteiger partial charge < -0.3 is 19.8 Å². The lowest BCUT2D eigenvalue weighted by molar-refractivity contribution is 0.306. The van der Waals surface area contributed by atoms with Gasteiger partial charge in [0.2, 0.25) is 0 Å². The van der Waals surface area contributed by atoms with Crippen LogP contribution < -0.4 is 14.8 Å². The van der Waals surface area contributed by atoms with Gasteiger partial charge in [-0.2, -0.15) is 0 Å². The van der Waals surface area contributed by atoms with Crippen LogP contribution in [0.3, 0.4) is 0 Å². The first kappa shape index (κ1) is 19.7. The minimum Gasteiger partial charge on any atom is -0.494 e. The Labute approximate surface area is 183 Å². The number of nitrogens with one attached hydrogen (secondary N) is 2. The van der Waals surface area contributed by atoms with E-state index in [2.05, 4.69) is 71.8 Å². The molecular formula is C27H28N2O2. The lowest BCUT2D eigenvalue weighted by Gasteiger charge is -2.25. The normalized spacial score (nSPS) is 15.6. The maximum Gasteiger partial charge on any atom is 0.120 e. The highest BCUT2D eigenvalue weighted by molar-refractivity contribution is 5.86. The van der Waals surface area contributed by atoms with E-state index in [1.165, 1.54) is 27.8 Å². The van der Waals surface area contributed by atoms with Gasteiger partial charge in [-0.15, -0.1) is 0 Å². The van der Waals surface area contributed by atoms with Crippen LogP contribution >= 0.6 is 0 Å². The average Bonchev–Trinajstić information content (AvgIpc) is 3.20. The lowest BCUT2D eigenvalue weighted by atomic mass is 9.94. The van der Waals surface area contributed by atoms with Crippen LogP contribution in [0.15, 0.2) is 72.8 Å². The first-order chi connectivity index (χ1) is 15.3. The van der Waals surface area contributed by atoms with Gasteiger partial charge in [-0.3, -0.25) is 0 Å². The molecule has 4 aromatic rings. The van der Waals surface area contributed by atoms with E-state index in [1.807, 2.05) is 18.2 Å². The highest BCUT2D eigenvalue weighted by Crippen LogP contribution is 2.35. The van der Waals surface area contributed by atoms with Crippen LogP contribution in [0.5, 0.6) is 11.5 Å². The third-order valence-corrected chi connectivity index (χ3v) is 5.86. The summed E-state index contributed by atoms with van der Waals surface area (Å²) >= 11 is 0. The number of hydrogen-bond acceptors (Lipinski definition) is 3. The van der Waals surface area contributed by atoms with Crippen molar-refractivity contribution in [2.24, 2.45) is 0 Å². The fourth-order valence-electron chi connectivity index (χ4n) is 4.30. The second-order valence-electron chi connectivity index (χ2n) is 8.05. The van der Waals surface area contributed by atoms with Gasteiger partial charge in [-0.25, -0.2) is 0 Å². The summed E-state index contributed by atoms with van der Waals surface area (Å²) in [5.74, 6) is 1.84. The van der Waals surface area contributed by atoms with E-state index < -0.39 is 0 Å². The molecule has 4 heteroatoms. The van der Waals surface area contributed by atoms with Crippen molar-refractivity contribution in [2.75, 3.05) is 13.2 Å². The van der Waals surface area contributed by atoms with Gasteiger partial charge in [0.25, 0.3) is 0 Å². The molecule has 0 spiro atoms. The summed E-state index contributed by atoms with van der Waals surface area (Å²) in [7, 11) is 0. The second-order valence-corrected chi connectivity index (χ2v) is 8.05. The van der Waals surface area contributed by atoms with E-state index in [0.717, 1.165) is 43.0 Å². The molecule has 5 rings (SSSR count). The van der Waals surface area contributed by atoms with Gasteiger partial charge in [0.05, 0.1) is 12.6 Å². The molecular weight excluding hydrogens is 384 g/mol. The summed E-state index contributed by atoms with van der Waals surface area (Å²) in [4.78, 5) is 3.67. The minimum atomic E-state index is 0.157. The molecule has 1 unspecified atom stereocenters. The largest absolute Gasteiger partial charge is 0.494 e. The van der Waals surface area contributed by atoms with E-state index >= 15 is 0 Å². The van der Waals surface area contributed by atoms with Gasteiger partial charge in [0.15, 0.2) is 0 Å². The van der Waals surface area contributed by atoms with E-state index in [0.29, 0.717) is 6.61 Å². The predicted octanol–water partition coefficient (Wildman–Crippen LogP) is 5.77. The number of ether oxygens (including phenoxy) is 2. The number of rotatable bonds is 7. The second kappa shape index (κ2) is 8.86. The Morgan fingerprint density at radius 1 is 0.903 bits per heavy atom. The van der Waals surface area contributed by atoms with Crippen LogP contribution in [0.2, 0.25) is 0 Å². The number of aromatic nitrogens is 1. The number of aromatic amines is 1. The molecule has 3 aromatic carbocycles. The number of benzene rings is 3. The molecule has 0 fully saturated rings. The monoisotopic (exact) mass is 412 g/mol. The standard InChI is InChI=1S/C27H28N2O2/c1-2-16-30-21-10-8-20(9-11-21)26-27-23(14-15-28-26)24-17-22(12-13-25(24)29-27)31-18-19-6-4-3-5-7-19/h3-13,17,26,28-29H,2,14-16,18H2,1H3. The Morgan fingerprint density at radius 3 is 2.52 bits per heavy atom. The first-order valence-electron chi connectivity index (χ1n) is 11.1. The molecule has 4 nitrogen and oxygen atoms in total. The summed E-state index contributed by atoms with van der Waals surface area (Å²) in [5, 5.41) is 4.93. The Balaban J connectivity index is 1.40. The maximum atomic E-state index is 6.07. The summed E-state index contributed by atoms with van der Waals surface area (Å²) in [5.41, 5.74) is 6.22.